The van der Waals surface area contributed by atoms with E-state index in [1.54, 1.807) is 6.92 Å². The fourth-order valence-corrected chi connectivity index (χ4v) is 2.42. The van der Waals surface area contributed by atoms with Gasteiger partial charge in [0.2, 0.25) is 0 Å². The summed E-state index contributed by atoms with van der Waals surface area (Å²) in [5.41, 5.74) is -2.04. The third-order valence-corrected chi connectivity index (χ3v) is 4.05. The number of hydrogen-bond donors (Lipinski definition) is 6. The second-order valence-corrected chi connectivity index (χ2v) is 6.21. The Hall–Kier alpha value is -2.62. The molecule has 9 nitrogen and oxygen atoms in total. The number of carbonyl (C=O) groups excluding carboxylic acids is 1. The van der Waals surface area contributed by atoms with Crippen molar-refractivity contribution in [3.05, 3.63) is 48.0 Å². The minimum Gasteiger partial charge on any atom is -0.508 e. The average molecular weight is 384 g/mol. The monoisotopic (exact) mass is 384 g/mol. The van der Waals surface area contributed by atoms with Gasteiger partial charge in [0.05, 0.1) is 6.10 Å². The summed E-state index contributed by atoms with van der Waals surface area (Å²) in [6, 6.07) is 0. The molecule has 0 radical (unpaired) electrons. The van der Waals surface area contributed by atoms with Gasteiger partial charge < -0.3 is 35.4 Å². The number of ether oxygens (including phenoxy) is 1. The van der Waals surface area contributed by atoms with Crippen LogP contribution in [0.25, 0.3) is 0 Å². The third-order valence-electron chi connectivity index (χ3n) is 4.05. The second-order valence-electron chi connectivity index (χ2n) is 6.21. The zero-order valence-corrected chi connectivity index (χ0v) is 14.8. The summed E-state index contributed by atoms with van der Waals surface area (Å²) < 4.78 is 4.93. The van der Waals surface area contributed by atoms with E-state index in [0.717, 1.165) is 6.08 Å². The molecule has 9 heteroatoms. The Labute approximate surface area is 155 Å². The number of aliphatic hydroxyl groups is 5. The molecule has 150 valence electrons. The van der Waals surface area contributed by atoms with Crippen molar-refractivity contribution in [1.29, 1.82) is 0 Å². The zero-order chi connectivity index (χ0) is 20.8. The first-order valence-electron chi connectivity index (χ1n) is 8.18. The van der Waals surface area contributed by atoms with Crippen LogP contribution in [0, 0.1) is 0 Å². The van der Waals surface area contributed by atoms with Crippen LogP contribution in [0.5, 0.6) is 0 Å². The summed E-state index contributed by atoms with van der Waals surface area (Å²) in [7, 11) is 0. The van der Waals surface area contributed by atoms with E-state index in [9.17, 15) is 35.1 Å². The van der Waals surface area contributed by atoms with E-state index in [1.807, 2.05) is 0 Å². The van der Waals surface area contributed by atoms with Crippen LogP contribution in [0.1, 0.15) is 26.2 Å². The van der Waals surface area contributed by atoms with E-state index in [-0.39, 0.29) is 23.5 Å². The molecule has 0 heterocycles. The van der Waals surface area contributed by atoms with Gasteiger partial charge in [-0.2, -0.15) is 0 Å². The molecule has 1 aliphatic rings. The van der Waals surface area contributed by atoms with Crippen LogP contribution in [0.4, 0.5) is 0 Å². The Kier molecular flexibility index (Phi) is 7.77. The Morgan fingerprint density at radius 1 is 1.11 bits per heavy atom. The molecule has 1 fully saturated rings. The van der Waals surface area contributed by atoms with Gasteiger partial charge in [-0.05, 0) is 17.7 Å². The number of aliphatic carboxylic acids is 1. The van der Waals surface area contributed by atoms with Crippen LogP contribution in [0.3, 0.4) is 0 Å². The van der Waals surface area contributed by atoms with Gasteiger partial charge >= 0.3 is 11.9 Å². The highest BCUT2D eigenvalue weighted by molar-refractivity contribution is 5.83. The lowest BCUT2D eigenvalue weighted by molar-refractivity contribution is -0.196. The number of carboxylic acids is 1. The molecule has 27 heavy (non-hydrogen) atoms. The molecule has 0 aliphatic heterocycles. The molecular formula is C18H24O9. The molecule has 0 aromatic heterocycles. The Morgan fingerprint density at radius 3 is 2.26 bits per heavy atom. The highest BCUT2D eigenvalue weighted by Gasteiger charge is 2.50. The van der Waals surface area contributed by atoms with E-state index in [4.69, 9.17) is 9.84 Å². The third kappa shape index (κ3) is 6.24. The van der Waals surface area contributed by atoms with Gasteiger partial charge in [-0.3, -0.25) is 0 Å². The zero-order valence-electron chi connectivity index (χ0n) is 14.8. The molecule has 0 spiro atoms. The van der Waals surface area contributed by atoms with Gasteiger partial charge in [0.25, 0.3) is 0 Å². The quantitative estimate of drug-likeness (QED) is 0.160. The predicted octanol–water partition coefficient (Wildman–Crippen LogP) is 0.636. The van der Waals surface area contributed by atoms with Gasteiger partial charge in [0, 0.05) is 25.3 Å². The molecule has 1 saturated carbocycles. The Bertz CT molecular complexity index is 676. The fourth-order valence-electron chi connectivity index (χ4n) is 2.42. The summed E-state index contributed by atoms with van der Waals surface area (Å²) in [4.78, 5) is 23.0. The lowest BCUT2D eigenvalue weighted by Gasteiger charge is -2.39. The minimum atomic E-state index is -2.31. The minimum absolute atomic E-state index is 0.210. The molecule has 0 bridgehead atoms. The molecular weight excluding hydrogens is 360 g/mol. The number of carboxylic acid groups (broad SMARTS) is 1. The van der Waals surface area contributed by atoms with E-state index in [1.165, 1.54) is 18.2 Å². The van der Waals surface area contributed by atoms with Crippen molar-refractivity contribution in [2.24, 2.45) is 0 Å². The van der Waals surface area contributed by atoms with Crippen LogP contribution >= 0.6 is 0 Å². The van der Waals surface area contributed by atoms with Gasteiger partial charge in [-0.25, -0.2) is 9.59 Å². The van der Waals surface area contributed by atoms with Crippen LogP contribution in [-0.4, -0.2) is 66.5 Å². The molecule has 6 N–H and O–H groups in total. The largest absolute Gasteiger partial charge is 0.508 e. The number of carbonyl (C=O) groups is 2. The summed E-state index contributed by atoms with van der Waals surface area (Å²) >= 11 is 0. The molecule has 0 amide bonds. The molecule has 4 unspecified atom stereocenters. The first kappa shape index (κ1) is 22.4. The molecule has 4 atom stereocenters. The van der Waals surface area contributed by atoms with Crippen molar-refractivity contribution in [2.45, 2.75) is 50.1 Å². The van der Waals surface area contributed by atoms with Crippen molar-refractivity contribution in [1.82, 2.24) is 0 Å². The van der Waals surface area contributed by atoms with Crippen molar-refractivity contribution < 1.29 is 45.0 Å². The molecule has 1 rings (SSSR count). The Morgan fingerprint density at radius 2 is 1.70 bits per heavy atom. The van der Waals surface area contributed by atoms with E-state index >= 15 is 0 Å². The maximum Gasteiger partial charge on any atom is 0.335 e. The van der Waals surface area contributed by atoms with Gasteiger partial charge in [-0.15, -0.1) is 0 Å². The predicted molar refractivity (Wildman–Crippen MR) is 93.7 cm³/mol. The summed E-state index contributed by atoms with van der Waals surface area (Å²) in [6.07, 6.45) is -0.757. The smallest absolute Gasteiger partial charge is 0.335 e. The van der Waals surface area contributed by atoms with Crippen molar-refractivity contribution in [3.63, 3.8) is 0 Å². The molecule has 0 aromatic carbocycles. The Balaban J connectivity index is 2.72. The average Bonchev–Trinajstić information content (AvgIpc) is 2.61. The first-order valence-corrected chi connectivity index (χ1v) is 8.18. The topological polar surface area (TPSA) is 165 Å². The second kappa shape index (κ2) is 9.36. The standard InChI is InChI=1S/C18H24O9/c1-3-11(19)12(20)6-4-10(2)5-7-15(22)27-14-9-18(26,17(24)25)8-13(21)16(14)23/h4-7,13-14,16,19-21,23,26H,2-3,8-9H2,1H3,(H,24,25)/b6-4-,7-5+,12-11-. The van der Waals surface area contributed by atoms with Crippen molar-refractivity contribution in [2.75, 3.05) is 0 Å². The fraction of sp³-hybridized carbons (Fsp3) is 0.444. The SMILES string of the molecule is C=C(/C=C\C(O)=C(\O)CC)/C=C/C(=O)OC1CC(O)(C(=O)O)CC(O)C1O. The van der Waals surface area contributed by atoms with Crippen LogP contribution in [0.2, 0.25) is 0 Å². The van der Waals surface area contributed by atoms with Crippen LogP contribution in [0.15, 0.2) is 48.0 Å². The number of allylic oxidation sites excluding steroid dienone is 5. The number of esters is 1. The summed E-state index contributed by atoms with van der Waals surface area (Å²) in [6.45, 7) is 5.25. The lowest BCUT2D eigenvalue weighted by Crippen LogP contribution is -2.57. The first-order chi connectivity index (χ1) is 12.5. The molecule has 0 saturated heterocycles. The van der Waals surface area contributed by atoms with Gasteiger partial charge in [0.15, 0.2) is 11.4 Å². The maximum atomic E-state index is 11.8. The number of aliphatic hydroxyl groups excluding tert-OH is 4. The maximum absolute atomic E-state index is 11.8. The normalized spacial score (nSPS) is 29.6. The van der Waals surface area contributed by atoms with E-state index < -0.39 is 48.7 Å². The van der Waals surface area contributed by atoms with Crippen LogP contribution < -0.4 is 0 Å². The van der Waals surface area contributed by atoms with E-state index in [0.29, 0.717) is 0 Å². The molecule has 1 aliphatic carbocycles. The van der Waals surface area contributed by atoms with Gasteiger partial charge in [-0.1, -0.05) is 19.6 Å². The summed E-state index contributed by atoms with van der Waals surface area (Å²) in [5.74, 6) is -3.10. The van der Waals surface area contributed by atoms with Gasteiger partial charge in [0.1, 0.15) is 18.0 Å². The molecule has 0 aromatic rings. The van der Waals surface area contributed by atoms with E-state index in [2.05, 4.69) is 6.58 Å². The van der Waals surface area contributed by atoms with Crippen molar-refractivity contribution in [3.8, 4) is 0 Å². The number of hydrogen-bond acceptors (Lipinski definition) is 8. The highest BCUT2D eigenvalue weighted by atomic mass is 16.6. The highest BCUT2D eigenvalue weighted by Crippen LogP contribution is 2.31. The lowest BCUT2D eigenvalue weighted by atomic mass is 9.79. The van der Waals surface area contributed by atoms with Crippen molar-refractivity contribution >= 4 is 11.9 Å². The number of rotatable bonds is 7. The van der Waals surface area contributed by atoms with Crippen LogP contribution in [-0.2, 0) is 14.3 Å². The summed E-state index contributed by atoms with van der Waals surface area (Å²) in [5, 5.41) is 57.3.